The van der Waals surface area contributed by atoms with Crippen molar-refractivity contribution in [2.45, 2.75) is 13.8 Å². The lowest BCUT2D eigenvalue weighted by molar-refractivity contribution is 1.10. The maximum atomic E-state index is 6.13. The van der Waals surface area contributed by atoms with E-state index in [1.165, 1.54) is 16.9 Å². The van der Waals surface area contributed by atoms with E-state index in [0.29, 0.717) is 0 Å². The fourth-order valence-corrected chi connectivity index (χ4v) is 3.79. The number of anilines is 2. The Morgan fingerprint density at radius 1 is 1.00 bits per heavy atom. The summed E-state index contributed by atoms with van der Waals surface area (Å²) >= 11 is 7.67. The van der Waals surface area contributed by atoms with E-state index in [0.717, 1.165) is 37.8 Å². The molecule has 0 atom stereocenters. The van der Waals surface area contributed by atoms with Crippen molar-refractivity contribution >= 4 is 40.1 Å². The van der Waals surface area contributed by atoms with Crippen molar-refractivity contribution in [1.29, 1.82) is 0 Å². The summed E-state index contributed by atoms with van der Waals surface area (Å²) in [4.78, 5) is 5.88. The van der Waals surface area contributed by atoms with Crippen molar-refractivity contribution in [3.05, 3.63) is 70.2 Å². The maximum absolute atomic E-state index is 6.13. The molecular formula is C19H16ClN3S. The highest BCUT2D eigenvalue weighted by Gasteiger charge is 2.17. The summed E-state index contributed by atoms with van der Waals surface area (Å²) in [6.45, 7) is 4.17. The molecule has 120 valence electrons. The summed E-state index contributed by atoms with van der Waals surface area (Å²) in [6, 6.07) is 18.4. The van der Waals surface area contributed by atoms with Gasteiger partial charge in [-0.3, -0.25) is 4.40 Å². The van der Waals surface area contributed by atoms with Gasteiger partial charge in [0.15, 0.2) is 0 Å². The summed E-state index contributed by atoms with van der Waals surface area (Å²) < 4.78 is 2.91. The average molecular weight is 354 g/mol. The first-order valence-corrected chi connectivity index (χ1v) is 8.89. The highest BCUT2D eigenvalue weighted by molar-refractivity contribution is 7.19. The van der Waals surface area contributed by atoms with Crippen molar-refractivity contribution in [3.8, 4) is 10.6 Å². The Balaban J connectivity index is 1.91. The number of halogens is 1. The van der Waals surface area contributed by atoms with E-state index in [4.69, 9.17) is 16.6 Å². The molecule has 4 aromatic rings. The zero-order chi connectivity index (χ0) is 16.7. The molecule has 0 fully saturated rings. The maximum Gasteiger partial charge on any atom is 0.144 e. The summed E-state index contributed by atoms with van der Waals surface area (Å²) in [7, 11) is 0. The number of thiophene rings is 1. The van der Waals surface area contributed by atoms with E-state index >= 15 is 0 Å². The third-order valence-corrected chi connectivity index (χ3v) is 5.20. The van der Waals surface area contributed by atoms with Gasteiger partial charge in [0.25, 0.3) is 0 Å². The molecule has 0 spiro atoms. The number of nitrogens with zero attached hydrogens (tertiary/aromatic N) is 2. The predicted molar refractivity (Wildman–Crippen MR) is 103 cm³/mol. The lowest BCUT2D eigenvalue weighted by atomic mass is 10.2. The highest BCUT2D eigenvalue weighted by atomic mass is 35.5. The minimum atomic E-state index is 0.764. The molecular weight excluding hydrogens is 338 g/mol. The minimum absolute atomic E-state index is 0.764. The fourth-order valence-electron chi connectivity index (χ4n) is 2.76. The number of benzene rings is 1. The number of aryl methyl sites for hydroxylation is 2. The molecule has 0 aliphatic carbocycles. The van der Waals surface area contributed by atoms with Crippen LogP contribution < -0.4 is 5.32 Å². The number of rotatable bonds is 3. The van der Waals surface area contributed by atoms with Gasteiger partial charge in [0.1, 0.15) is 17.2 Å². The molecule has 0 aliphatic rings. The number of hydrogen-bond donors (Lipinski definition) is 1. The van der Waals surface area contributed by atoms with Crippen LogP contribution in [-0.4, -0.2) is 9.38 Å². The second-order valence-corrected chi connectivity index (χ2v) is 7.48. The van der Waals surface area contributed by atoms with Crippen molar-refractivity contribution in [2.75, 3.05) is 5.32 Å². The second kappa shape index (κ2) is 5.96. The van der Waals surface area contributed by atoms with E-state index in [1.807, 2.05) is 24.3 Å². The van der Waals surface area contributed by atoms with Gasteiger partial charge in [-0.1, -0.05) is 35.4 Å². The van der Waals surface area contributed by atoms with Gasteiger partial charge >= 0.3 is 0 Å². The number of nitrogens with one attached hydrogen (secondary N) is 1. The van der Waals surface area contributed by atoms with Crippen LogP contribution in [-0.2, 0) is 0 Å². The van der Waals surface area contributed by atoms with Gasteiger partial charge in [-0.05, 0) is 50.2 Å². The standard InChI is InChI=1S/C19H16ClN3S/c1-12-6-8-14(9-7-12)21-19-18(15-10-11-16(20)24-15)22-17-5-3-4-13(2)23(17)19/h3-11,21H,1-2H3. The quantitative estimate of drug-likeness (QED) is 0.483. The normalized spacial score (nSPS) is 11.1. The Labute approximate surface area is 149 Å². The molecule has 0 amide bonds. The predicted octanol–water partition coefficient (Wildman–Crippen LogP) is 6.08. The molecule has 0 radical (unpaired) electrons. The molecule has 3 heterocycles. The monoisotopic (exact) mass is 353 g/mol. The number of fused-ring (bicyclic) bond motifs is 1. The molecule has 1 N–H and O–H groups in total. The first-order valence-electron chi connectivity index (χ1n) is 7.69. The summed E-state index contributed by atoms with van der Waals surface area (Å²) in [5.74, 6) is 0.963. The van der Waals surface area contributed by atoms with Gasteiger partial charge in [0.05, 0.1) is 9.21 Å². The topological polar surface area (TPSA) is 29.3 Å². The minimum Gasteiger partial charge on any atom is -0.339 e. The van der Waals surface area contributed by atoms with Crippen molar-refractivity contribution < 1.29 is 0 Å². The Kier molecular flexibility index (Phi) is 3.79. The Morgan fingerprint density at radius 2 is 1.79 bits per heavy atom. The van der Waals surface area contributed by atoms with E-state index in [9.17, 15) is 0 Å². The van der Waals surface area contributed by atoms with Crippen LogP contribution in [0.1, 0.15) is 11.3 Å². The summed E-state index contributed by atoms with van der Waals surface area (Å²) in [6.07, 6.45) is 0. The molecule has 3 aromatic heterocycles. The zero-order valence-electron chi connectivity index (χ0n) is 13.4. The van der Waals surface area contributed by atoms with Crippen molar-refractivity contribution in [3.63, 3.8) is 0 Å². The first kappa shape index (κ1) is 15.2. The largest absolute Gasteiger partial charge is 0.339 e. The summed E-state index contributed by atoms with van der Waals surface area (Å²) in [5.41, 5.74) is 5.24. The molecule has 0 bridgehead atoms. The zero-order valence-corrected chi connectivity index (χ0v) is 14.9. The lowest BCUT2D eigenvalue weighted by Crippen LogP contribution is -1.99. The van der Waals surface area contributed by atoms with Crippen LogP contribution in [0.25, 0.3) is 16.2 Å². The molecule has 5 heteroatoms. The Bertz CT molecular complexity index is 1010. The van der Waals surface area contributed by atoms with Crippen LogP contribution in [0.4, 0.5) is 11.5 Å². The smallest absolute Gasteiger partial charge is 0.144 e. The van der Waals surface area contributed by atoms with Crippen LogP contribution in [0.15, 0.2) is 54.6 Å². The third kappa shape index (κ3) is 2.68. The van der Waals surface area contributed by atoms with Crippen LogP contribution in [0.5, 0.6) is 0 Å². The van der Waals surface area contributed by atoms with E-state index in [2.05, 4.69) is 53.9 Å². The summed E-state index contributed by atoms with van der Waals surface area (Å²) in [5, 5.41) is 3.54. The third-order valence-electron chi connectivity index (χ3n) is 3.96. The molecule has 0 aliphatic heterocycles. The second-order valence-electron chi connectivity index (χ2n) is 5.76. The van der Waals surface area contributed by atoms with Gasteiger partial charge in [-0.25, -0.2) is 4.98 Å². The Morgan fingerprint density at radius 3 is 2.50 bits per heavy atom. The number of pyridine rings is 1. The van der Waals surface area contributed by atoms with Gasteiger partial charge in [0.2, 0.25) is 0 Å². The first-order chi connectivity index (χ1) is 11.6. The van der Waals surface area contributed by atoms with Crippen LogP contribution in [0, 0.1) is 13.8 Å². The van der Waals surface area contributed by atoms with Gasteiger partial charge in [0, 0.05) is 11.4 Å². The molecule has 1 aromatic carbocycles. The molecule has 24 heavy (non-hydrogen) atoms. The van der Waals surface area contributed by atoms with Crippen molar-refractivity contribution in [1.82, 2.24) is 9.38 Å². The molecule has 0 saturated heterocycles. The number of imidazole rings is 1. The van der Waals surface area contributed by atoms with E-state index < -0.39 is 0 Å². The SMILES string of the molecule is Cc1ccc(Nc2c(-c3ccc(Cl)s3)nc3cccc(C)n23)cc1. The molecule has 3 nitrogen and oxygen atoms in total. The highest BCUT2D eigenvalue weighted by Crippen LogP contribution is 2.37. The van der Waals surface area contributed by atoms with Crippen LogP contribution in [0.2, 0.25) is 4.34 Å². The van der Waals surface area contributed by atoms with Crippen LogP contribution >= 0.6 is 22.9 Å². The van der Waals surface area contributed by atoms with Crippen molar-refractivity contribution in [2.24, 2.45) is 0 Å². The lowest BCUT2D eigenvalue weighted by Gasteiger charge is -2.10. The molecule has 0 saturated carbocycles. The van der Waals surface area contributed by atoms with Crippen LogP contribution in [0.3, 0.4) is 0 Å². The molecule has 0 unspecified atom stereocenters. The fraction of sp³-hybridized carbons (Fsp3) is 0.105. The van der Waals surface area contributed by atoms with Gasteiger partial charge in [-0.2, -0.15) is 0 Å². The van der Waals surface area contributed by atoms with E-state index in [1.54, 1.807) is 0 Å². The van der Waals surface area contributed by atoms with E-state index in [-0.39, 0.29) is 0 Å². The average Bonchev–Trinajstić information content (AvgIpc) is 3.14. The number of hydrogen-bond acceptors (Lipinski definition) is 3. The molecule has 4 rings (SSSR count). The van der Waals surface area contributed by atoms with Gasteiger partial charge < -0.3 is 5.32 Å². The van der Waals surface area contributed by atoms with Gasteiger partial charge in [-0.15, -0.1) is 11.3 Å². The number of aromatic nitrogens is 2. The Hall–Kier alpha value is -2.30.